The molecule has 0 radical (unpaired) electrons. The van der Waals surface area contributed by atoms with E-state index in [1.54, 1.807) is 0 Å². The first kappa shape index (κ1) is 20.7. The Morgan fingerprint density at radius 2 is 1.82 bits per heavy atom. The molecule has 0 aliphatic carbocycles. The number of hydrogen-bond acceptors (Lipinski definition) is 3. The smallest absolute Gasteiger partial charge is 0.191 e. The van der Waals surface area contributed by atoms with Gasteiger partial charge in [-0.2, -0.15) is 0 Å². The molecule has 2 aromatic carbocycles. The average molecular weight is 496 g/mol. The lowest BCUT2D eigenvalue weighted by Crippen LogP contribution is -2.51. The van der Waals surface area contributed by atoms with Crippen LogP contribution in [0.1, 0.15) is 11.1 Å². The number of anilines is 1. The van der Waals surface area contributed by atoms with E-state index < -0.39 is 0 Å². The van der Waals surface area contributed by atoms with Crippen LogP contribution in [0.2, 0.25) is 0 Å². The third kappa shape index (κ3) is 4.87. The largest absolute Gasteiger partial charge is 0.493 e. The summed E-state index contributed by atoms with van der Waals surface area (Å²) in [5, 5.41) is 0. The quantitative estimate of drug-likeness (QED) is 0.402. The van der Waals surface area contributed by atoms with Crippen LogP contribution in [-0.2, 0) is 12.8 Å². The number of benzene rings is 2. The van der Waals surface area contributed by atoms with Crippen LogP contribution in [0.25, 0.3) is 0 Å². The number of hydrogen-bond donors (Lipinski definition) is 1. The zero-order valence-electron chi connectivity index (χ0n) is 15.8. The number of guanidine groups is 1. The molecule has 0 saturated carbocycles. The Bertz CT molecular complexity index is 820. The molecule has 28 heavy (non-hydrogen) atoms. The predicted molar refractivity (Wildman–Crippen MR) is 121 cm³/mol. The van der Waals surface area contributed by atoms with Crippen molar-refractivity contribution in [2.75, 3.05) is 44.2 Å². The minimum atomic E-state index is -0.204. The predicted octanol–water partition coefficient (Wildman–Crippen LogP) is 3.06. The van der Waals surface area contributed by atoms with Crippen LogP contribution in [0.4, 0.5) is 10.1 Å². The van der Waals surface area contributed by atoms with Crippen molar-refractivity contribution in [3.63, 3.8) is 0 Å². The maximum absolute atomic E-state index is 13.1. The molecule has 0 bridgehead atoms. The highest BCUT2D eigenvalue weighted by molar-refractivity contribution is 14.0. The maximum atomic E-state index is 13.1. The van der Waals surface area contributed by atoms with Gasteiger partial charge >= 0.3 is 0 Å². The van der Waals surface area contributed by atoms with Crippen molar-refractivity contribution in [2.24, 2.45) is 10.7 Å². The monoisotopic (exact) mass is 496 g/mol. The van der Waals surface area contributed by atoms with Crippen LogP contribution in [0.5, 0.6) is 5.75 Å². The van der Waals surface area contributed by atoms with E-state index in [2.05, 4.69) is 33.0 Å². The molecule has 2 aliphatic rings. The van der Waals surface area contributed by atoms with Crippen LogP contribution < -0.4 is 15.4 Å². The summed E-state index contributed by atoms with van der Waals surface area (Å²) >= 11 is 0. The lowest BCUT2D eigenvalue weighted by molar-refractivity contribution is 0.357. The highest BCUT2D eigenvalue weighted by atomic mass is 127. The summed E-state index contributed by atoms with van der Waals surface area (Å²) in [7, 11) is 0. The maximum Gasteiger partial charge on any atom is 0.191 e. The number of fused-ring (bicyclic) bond motifs is 1. The third-order valence-electron chi connectivity index (χ3n) is 5.22. The number of rotatable bonds is 4. The summed E-state index contributed by atoms with van der Waals surface area (Å²) in [5.74, 6) is 1.42. The van der Waals surface area contributed by atoms with Crippen molar-refractivity contribution in [3.8, 4) is 5.75 Å². The zero-order chi connectivity index (χ0) is 18.6. The van der Waals surface area contributed by atoms with Crippen LogP contribution >= 0.6 is 24.0 Å². The van der Waals surface area contributed by atoms with E-state index in [1.165, 1.54) is 23.3 Å². The normalized spacial score (nSPS) is 16.4. The minimum absolute atomic E-state index is 0. The average Bonchev–Trinajstić information content (AvgIpc) is 3.16. The fourth-order valence-corrected chi connectivity index (χ4v) is 3.64. The molecule has 2 N–H and O–H groups in total. The highest BCUT2D eigenvalue weighted by Gasteiger charge is 2.18. The fourth-order valence-electron chi connectivity index (χ4n) is 3.64. The van der Waals surface area contributed by atoms with Crippen molar-refractivity contribution in [1.29, 1.82) is 0 Å². The van der Waals surface area contributed by atoms with Crippen molar-refractivity contribution < 1.29 is 9.13 Å². The summed E-state index contributed by atoms with van der Waals surface area (Å²) in [6.07, 6.45) is 1.87. The molecule has 5 nitrogen and oxygen atoms in total. The Morgan fingerprint density at radius 3 is 2.57 bits per heavy atom. The van der Waals surface area contributed by atoms with Gasteiger partial charge in [-0.1, -0.05) is 12.1 Å². The van der Waals surface area contributed by atoms with E-state index in [4.69, 9.17) is 10.5 Å². The number of aliphatic imine (C=N–C) groups is 1. The van der Waals surface area contributed by atoms with Gasteiger partial charge < -0.3 is 20.3 Å². The lowest BCUT2D eigenvalue weighted by Gasteiger charge is -2.36. The lowest BCUT2D eigenvalue weighted by atomic mass is 10.1. The summed E-state index contributed by atoms with van der Waals surface area (Å²) in [6.45, 7) is 4.82. The van der Waals surface area contributed by atoms with Gasteiger partial charge in [0.2, 0.25) is 0 Å². The Labute approximate surface area is 182 Å². The Balaban J connectivity index is 0.00000225. The molecule has 2 heterocycles. The van der Waals surface area contributed by atoms with E-state index in [-0.39, 0.29) is 29.8 Å². The van der Waals surface area contributed by atoms with Gasteiger partial charge in [0.1, 0.15) is 11.6 Å². The van der Waals surface area contributed by atoms with Crippen molar-refractivity contribution in [2.45, 2.75) is 12.8 Å². The second-order valence-corrected chi connectivity index (χ2v) is 6.98. The number of ether oxygens (including phenoxy) is 1. The Hall–Kier alpha value is -2.03. The first-order valence-electron chi connectivity index (χ1n) is 9.49. The van der Waals surface area contributed by atoms with Crippen molar-refractivity contribution in [1.82, 2.24) is 4.90 Å². The van der Waals surface area contributed by atoms with Gasteiger partial charge in [0, 0.05) is 44.8 Å². The topological polar surface area (TPSA) is 54.1 Å². The van der Waals surface area contributed by atoms with E-state index in [0.29, 0.717) is 12.5 Å². The molecule has 2 aromatic rings. The van der Waals surface area contributed by atoms with E-state index in [9.17, 15) is 4.39 Å². The first-order valence-corrected chi connectivity index (χ1v) is 9.49. The second kappa shape index (κ2) is 9.45. The standard InChI is InChI=1S/C21H25FN4O.HI/c22-18-2-4-19(5-3-18)25-10-12-26(13-11-25)21(23)24-9-7-16-1-6-20-17(15-16)8-14-27-20;/h1-6,15H,7-14H2,(H2,23,24);1H. The molecule has 7 heteroatoms. The number of halogens is 2. The molecule has 0 aromatic heterocycles. The van der Waals surface area contributed by atoms with Gasteiger partial charge in [0.25, 0.3) is 0 Å². The molecular weight excluding hydrogens is 470 g/mol. The van der Waals surface area contributed by atoms with Gasteiger partial charge in [0.05, 0.1) is 6.61 Å². The minimum Gasteiger partial charge on any atom is -0.493 e. The summed E-state index contributed by atoms with van der Waals surface area (Å²) < 4.78 is 18.6. The Morgan fingerprint density at radius 1 is 1.07 bits per heavy atom. The molecule has 1 saturated heterocycles. The van der Waals surface area contributed by atoms with E-state index in [0.717, 1.165) is 57.1 Å². The molecular formula is C21H26FIN4O. The molecule has 0 spiro atoms. The van der Waals surface area contributed by atoms with Gasteiger partial charge in [-0.3, -0.25) is 4.99 Å². The van der Waals surface area contributed by atoms with Crippen LogP contribution in [-0.4, -0.2) is 50.2 Å². The number of nitrogens with two attached hydrogens (primary N) is 1. The summed E-state index contributed by atoms with van der Waals surface area (Å²) in [4.78, 5) is 8.93. The molecule has 0 amide bonds. The highest BCUT2D eigenvalue weighted by Crippen LogP contribution is 2.26. The van der Waals surface area contributed by atoms with Gasteiger partial charge in [-0.15, -0.1) is 24.0 Å². The van der Waals surface area contributed by atoms with E-state index in [1.807, 2.05) is 12.1 Å². The molecule has 0 atom stereocenters. The third-order valence-corrected chi connectivity index (χ3v) is 5.22. The molecule has 1 fully saturated rings. The first-order chi connectivity index (χ1) is 13.2. The number of nitrogens with zero attached hydrogens (tertiary/aromatic N) is 3. The molecule has 4 rings (SSSR count). The molecule has 0 unspecified atom stereocenters. The zero-order valence-corrected chi connectivity index (χ0v) is 18.1. The molecule has 2 aliphatic heterocycles. The molecule has 150 valence electrons. The van der Waals surface area contributed by atoms with Crippen molar-refractivity contribution >= 4 is 35.6 Å². The van der Waals surface area contributed by atoms with Gasteiger partial charge in [-0.25, -0.2) is 4.39 Å². The van der Waals surface area contributed by atoms with E-state index >= 15 is 0 Å². The van der Waals surface area contributed by atoms with Gasteiger partial charge in [-0.05, 0) is 47.9 Å². The summed E-state index contributed by atoms with van der Waals surface area (Å²) in [6, 6.07) is 13.0. The fraction of sp³-hybridized carbons (Fsp3) is 0.381. The van der Waals surface area contributed by atoms with Gasteiger partial charge in [0.15, 0.2) is 5.96 Å². The van der Waals surface area contributed by atoms with Crippen LogP contribution in [0, 0.1) is 5.82 Å². The van der Waals surface area contributed by atoms with Crippen LogP contribution in [0.15, 0.2) is 47.5 Å². The van der Waals surface area contributed by atoms with Crippen molar-refractivity contribution in [3.05, 3.63) is 59.4 Å². The summed E-state index contributed by atoms with van der Waals surface area (Å²) in [5.41, 5.74) is 9.81. The van der Waals surface area contributed by atoms with Crippen LogP contribution in [0.3, 0.4) is 0 Å². The number of piperazine rings is 1. The Kier molecular flexibility index (Phi) is 6.98. The second-order valence-electron chi connectivity index (χ2n) is 6.98. The SMILES string of the molecule is I.NC(=NCCc1ccc2c(c1)CCO2)N1CCN(c2ccc(F)cc2)CC1.